The van der Waals surface area contributed by atoms with Crippen molar-refractivity contribution in [2.45, 2.75) is 19.8 Å². The summed E-state index contributed by atoms with van der Waals surface area (Å²) in [5, 5.41) is 7.57. The van der Waals surface area contributed by atoms with Crippen molar-refractivity contribution in [1.29, 1.82) is 0 Å². The van der Waals surface area contributed by atoms with Gasteiger partial charge in [-0.2, -0.15) is 0 Å². The van der Waals surface area contributed by atoms with E-state index in [0.717, 1.165) is 46.8 Å². The van der Waals surface area contributed by atoms with E-state index >= 15 is 0 Å². The van der Waals surface area contributed by atoms with Crippen LogP contribution < -0.4 is 0 Å². The van der Waals surface area contributed by atoms with E-state index in [-0.39, 0.29) is 0 Å². The van der Waals surface area contributed by atoms with Crippen LogP contribution in [0, 0.1) is 0 Å². The molecule has 0 radical (unpaired) electrons. The van der Waals surface area contributed by atoms with Crippen LogP contribution in [-0.4, -0.2) is 11.5 Å². The molecule has 7 aromatic carbocycles. The summed E-state index contributed by atoms with van der Waals surface area (Å²) in [6.07, 6.45) is 1.74. The lowest BCUT2D eigenvalue weighted by molar-refractivity contribution is 1.00. The molecule has 0 saturated heterocycles. The maximum absolute atomic E-state index is 5.47. The molecule has 8 aromatic rings. The predicted octanol–water partition coefficient (Wildman–Crippen LogP) is 12.5. The Labute approximate surface area is 284 Å². The fraction of sp³-hybridized carbons (Fsp3) is 0.0667. The third-order valence-corrected chi connectivity index (χ3v) is 10.8. The lowest BCUT2D eigenvalue weighted by Crippen LogP contribution is -2.10. The van der Waals surface area contributed by atoms with E-state index in [1.54, 1.807) is 0 Å². The lowest BCUT2D eigenvalue weighted by atomic mass is 9.96. The molecule has 1 aromatic heterocycles. The molecular formula is C45H32N2S. The molecule has 0 fully saturated rings. The molecule has 0 saturated carbocycles. The minimum Gasteiger partial charge on any atom is -0.232 e. The molecule has 3 heteroatoms. The zero-order chi connectivity index (χ0) is 32.0. The van der Waals surface area contributed by atoms with Crippen LogP contribution in [0.3, 0.4) is 0 Å². The van der Waals surface area contributed by atoms with E-state index in [1.807, 2.05) is 11.3 Å². The van der Waals surface area contributed by atoms with Crippen molar-refractivity contribution < 1.29 is 0 Å². The van der Waals surface area contributed by atoms with Gasteiger partial charge < -0.3 is 0 Å². The molecule has 2 nitrogen and oxygen atoms in total. The van der Waals surface area contributed by atoms with Crippen LogP contribution in [0.5, 0.6) is 0 Å². The van der Waals surface area contributed by atoms with Gasteiger partial charge in [-0.05, 0) is 87.8 Å². The van der Waals surface area contributed by atoms with Crippen molar-refractivity contribution in [2.24, 2.45) is 9.98 Å². The van der Waals surface area contributed by atoms with E-state index < -0.39 is 0 Å². The molecule has 228 valence electrons. The summed E-state index contributed by atoms with van der Waals surface area (Å²) in [7, 11) is 0. The van der Waals surface area contributed by atoms with Gasteiger partial charge in [-0.3, -0.25) is 0 Å². The summed E-state index contributed by atoms with van der Waals surface area (Å²) in [6, 6.07) is 54.6. The fourth-order valence-electron chi connectivity index (χ4n) is 6.95. The van der Waals surface area contributed by atoms with E-state index in [2.05, 4.69) is 159 Å². The molecular weight excluding hydrogens is 601 g/mol. The number of amidine groups is 1. The summed E-state index contributed by atoms with van der Waals surface area (Å²) in [4.78, 5) is 10.9. The van der Waals surface area contributed by atoms with Gasteiger partial charge in [-0.25, -0.2) is 9.98 Å². The number of hydrogen-bond acceptors (Lipinski definition) is 3. The smallest absolute Gasteiger partial charge is 0.161 e. The van der Waals surface area contributed by atoms with Gasteiger partial charge in [0.05, 0.1) is 11.4 Å². The fourth-order valence-corrected chi connectivity index (χ4v) is 8.20. The molecule has 9 rings (SSSR count). The second-order valence-corrected chi connectivity index (χ2v) is 13.7. The van der Waals surface area contributed by atoms with Crippen LogP contribution in [0.2, 0.25) is 0 Å². The molecule has 0 bridgehead atoms. The van der Waals surface area contributed by atoms with Crippen molar-refractivity contribution in [3.63, 3.8) is 0 Å². The van der Waals surface area contributed by atoms with E-state index in [1.165, 1.54) is 58.4 Å². The van der Waals surface area contributed by atoms with Gasteiger partial charge in [0.2, 0.25) is 0 Å². The van der Waals surface area contributed by atoms with Gasteiger partial charge in [-0.1, -0.05) is 127 Å². The zero-order valence-electron chi connectivity index (χ0n) is 26.7. The standard InChI is InChI=1S/C45H32N2S/c1-29-18-25-41(32-11-3-2-4-12-32)46-45(39-17-9-16-38-40-27-35-14-7-8-15-36(35)28-42(40)48-44(38)39)47-43(29)33-22-19-31(20-23-33)37-24-21-30-10-5-6-13-34(30)26-37/h2-17,19-24,26-28H,18,25H2,1H3/b43-29+,46-41+,47-45-. The first-order valence-electron chi connectivity index (χ1n) is 16.5. The van der Waals surface area contributed by atoms with Crippen LogP contribution in [0.25, 0.3) is 58.5 Å². The largest absolute Gasteiger partial charge is 0.232 e. The molecule has 0 N–H and O–H groups in total. The minimum absolute atomic E-state index is 0.767. The number of thiophene rings is 1. The Morgan fingerprint density at radius 2 is 1.15 bits per heavy atom. The normalized spacial score (nSPS) is 17.6. The SMILES string of the molecule is C\C1=C(c2ccc(-c3ccc4ccccc4c3)cc2)/N=C(c2cccc3c2sc2cc4ccccc4cc23)\N=C(\c2ccccc2)CC1. The maximum atomic E-state index is 5.47. The van der Waals surface area contributed by atoms with E-state index in [9.17, 15) is 0 Å². The molecule has 0 spiro atoms. The van der Waals surface area contributed by atoms with E-state index in [4.69, 9.17) is 9.98 Å². The van der Waals surface area contributed by atoms with Crippen LogP contribution >= 0.6 is 11.3 Å². The Hall–Kier alpha value is -5.64. The maximum Gasteiger partial charge on any atom is 0.161 e. The topological polar surface area (TPSA) is 24.7 Å². The minimum atomic E-state index is 0.767. The highest BCUT2D eigenvalue weighted by Crippen LogP contribution is 2.39. The number of nitrogens with zero attached hydrogens (tertiary/aromatic N) is 2. The molecule has 0 aliphatic carbocycles. The predicted molar refractivity (Wildman–Crippen MR) is 208 cm³/mol. The summed E-state index contributed by atoms with van der Waals surface area (Å²) in [5.74, 6) is 0.767. The van der Waals surface area contributed by atoms with Crippen molar-refractivity contribution in [3.05, 3.63) is 174 Å². The third-order valence-electron chi connectivity index (χ3n) is 9.55. The Balaban J connectivity index is 1.20. The summed E-state index contributed by atoms with van der Waals surface area (Å²) >= 11 is 1.84. The highest BCUT2D eigenvalue weighted by atomic mass is 32.1. The van der Waals surface area contributed by atoms with Crippen molar-refractivity contribution in [3.8, 4) is 11.1 Å². The van der Waals surface area contributed by atoms with Gasteiger partial charge in [0, 0.05) is 31.3 Å². The molecule has 0 unspecified atom stereocenters. The first-order valence-corrected chi connectivity index (χ1v) is 17.3. The number of benzene rings is 7. The first-order chi connectivity index (χ1) is 23.7. The van der Waals surface area contributed by atoms with Gasteiger partial charge in [0.15, 0.2) is 5.84 Å². The van der Waals surface area contributed by atoms with Crippen LogP contribution in [0.15, 0.2) is 167 Å². The van der Waals surface area contributed by atoms with Gasteiger partial charge in [-0.15, -0.1) is 11.3 Å². The first kappa shape index (κ1) is 28.6. The summed E-state index contributed by atoms with van der Waals surface area (Å²) in [6.45, 7) is 2.23. The lowest BCUT2D eigenvalue weighted by Gasteiger charge is -2.17. The van der Waals surface area contributed by atoms with Crippen molar-refractivity contribution in [2.75, 3.05) is 0 Å². The van der Waals surface area contributed by atoms with Crippen LogP contribution in [-0.2, 0) is 0 Å². The second kappa shape index (κ2) is 11.9. The number of rotatable bonds is 4. The average Bonchev–Trinajstić information content (AvgIpc) is 3.50. The molecule has 0 amide bonds. The Kier molecular flexibility index (Phi) is 7.06. The highest BCUT2D eigenvalue weighted by molar-refractivity contribution is 7.26. The van der Waals surface area contributed by atoms with Gasteiger partial charge in [0.25, 0.3) is 0 Å². The number of allylic oxidation sites excluding steroid dienone is 1. The van der Waals surface area contributed by atoms with Gasteiger partial charge in [0.1, 0.15) is 0 Å². The van der Waals surface area contributed by atoms with Crippen LogP contribution in [0.1, 0.15) is 36.5 Å². The highest BCUT2D eigenvalue weighted by Gasteiger charge is 2.19. The Morgan fingerprint density at radius 3 is 1.94 bits per heavy atom. The molecule has 1 aliphatic rings. The van der Waals surface area contributed by atoms with Gasteiger partial charge >= 0.3 is 0 Å². The monoisotopic (exact) mass is 632 g/mol. The second-order valence-electron chi connectivity index (χ2n) is 12.6. The Bertz CT molecular complexity index is 2600. The summed E-state index contributed by atoms with van der Waals surface area (Å²) < 4.78 is 2.51. The van der Waals surface area contributed by atoms with E-state index in [0.29, 0.717) is 0 Å². The van der Waals surface area contributed by atoms with Crippen LogP contribution in [0.4, 0.5) is 0 Å². The quantitative estimate of drug-likeness (QED) is 0.184. The average molecular weight is 633 g/mol. The Morgan fingerprint density at radius 1 is 0.479 bits per heavy atom. The molecule has 48 heavy (non-hydrogen) atoms. The molecule has 2 heterocycles. The number of fused-ring (bicyclic) bond motifs is 5. The number of hydrogen-bond donors (Lipinski definition) is 0. The number of aliphatic imine (C=N–C) groups is 2. The van der Waals surface area contributed by atoms with Crippen molar-refractivity contribution in [1.82, 2.24) is 0 Å². The third kappa shape index (κ3) is 5.13. The van der Waals surface area contributed by atoms with Crippen molar-refractivity contribution >= 4 is 70.3 Å². The summed E-state index contributed by atoms with van der Waals surface area (Å²) in [5.41, 5.74) is 9.10. The molecule has 1 aliphatic heterocycles. The zero-order valence-corrected chi connectivity index (χ0v) is 27.5. The molecule has 0 atom stereocenters.